The summed E-state index contributed by atoms with van der Waals surface area (Å²) in [6.07, 6.45) is 5.27. The number of hydrazone groups is 1. The molecule has 0 bridgehead atoms. The summed E-state index contributed by atoms with van der Waals surface area (Å²) in [6.45, 7) is 3.56. The number of hydrogen-bond acceptors (Lipinski definition) is 3. The Morgan fingerprint density at radius 3 is 2.65 bits per heavy atom. The molecule has 4 heteroatoms. The molecule has 0 aliphatic heterocycles. The molecule has 2 aromatic rings. The molecule has 0 atom stereocenters. The van der Waals surface area contributed by atoms with Crippen LogP contribution in [0.2, 0.25) is 0 Å². The number of carbonyl (C=O) groups is 1. The summed E-state index contributed by atoms with van der Waals surface area (Å²) >= 11 is 0. The largest absolute Gasteiger partial charge is 0.469 e. The van der Waals surface area contributed by atoms with Gasteiger partial charge in [0.1, 0.15) is 5.76 Å². The number of carbonyl (C=O) groups excluding carboxylic acids is 1. The number of furan rings is 1. The van der Waals surface area contributed by atoms with Crippen LogP contribution >= 0.6 is 0 Å². The number of allylic oxidation sites excluding steroid dienone is 1. The summed E-state index contributed by atoms with van der Waals surface area (Å²) in [7, 11) is 0. The summed E-state index contributed by atoms with van der Waals surface area (Å²) in [5.41, 5.74) is 4.79. The molecule has 1 aromatic carbocycles. The molecule has 1 aromatic heterocycles. The molecule has 0 fully saturated rings. The van der Waals surface area contributed by atoms with E-state index in [0.29, 0.717) is 17.0 Å². The molecule has 4 nitrogen and oxygen atoms in total. The van der Waals surface area contributed by atoms with Gasteiger partial charge in [-0.2, -0.15) is 5.10 Å². The molecule has 0 radical (unpaired) electrons. The van der Waals surface area contributed by atoms with Crippen molar-refractivity contribution in [2.24, 2.45) is 5.10 Å². The number of benzene rings is 1. The van der Waals surface area contributed by atoms with Crippen LogP contribution in [0.1, 0.15) is 28.6 Å². The quantitative estimate of drug-likeness (QED) is 0.682. The van der Waals surface area contributed by atoms with Crippen LogP contribution in [0.25, 0.3) is 6.08 Å². The standard InChI is InChI=1S/C16H16N2O2/c1-12(8-9-14-6-4-3-5-7-14)17-18-16(19)15-10-11-20-13(15)2/h3-11H,1-2H3,(H,18,19)/b9-8+,17-12+. The van der Waals surface area contributed by atoms with Crippen molar-refractivity contribution >= 4 is 17.7 Å². The van der Waals surface area contributed by atoms with Crippen LogP contribution in [-0.4, -0.2) is 11.6 Å². The first-order valence-corrected chi connectivity index (χ1v) is 6.28. The van der Waals surface area contributed by atoms with Crippen LogP contribution in [0.15, 0.2) is 58.3 Å². The van der Waals surface area contributed by atoms with E-state index in [2.05, 4.69) is 10.5 Å². The summed E-state index contributed by atoms with van der Waals surface area (Å²) in [4.78, 5) is 11.8. The van der Waals surface area contributed by atoms with Gasteiger partial charge in [-0.15, -0.1) is 0 Å². The summed E-state index contributed by atoms with van der Waals surface area (Å²) in [6, 6.07) is 11.5. The second-order valence-electron chi connectivity index (χ2n) is 4.33. The Kier molecular flexibility index (Phi) is 4.50. The van der Waals surface area contributed by atoms with Gasteiger partial charge in [-0.3, -0.25) is 4.79 Å². The fourth-order valence-corrected chi connectivity index (χ4v) is 1.64. The maximum Gasteiger partial charge on any atom is 0.274 e. The number of hydrogen-bond donors (Lipinski definition) is 1. The van der Waals surface area contributed by atoms with Crippen molar-refractivity contribution in [2.75, 3.05) is 0 Å². The van der Waals surface area contributed by atoms with Crippen molar-refractivity contribution in [1.82, 2.24) is 5.43 Å². The number of aryl methyl sites for hydroxylation is 1. The molecular weight excluding hydrogens is 252 g/mol. The van der Waals surface area contributed by atoms with Crippen LogP contribution in [0.5, 0.6) is 0 Å². The summed E-state index contributed by atoms with van der Waals surface area (Å²) in [5, 5.41) is 4.02. The smallest absolute Gasteiger partial charge is 0.274 e. The van der Waals surface area contributed by atoms with Gasteiger partial charge in [0.25, 0.3) is 5.91 Å². The van der Waals surface area contributed by atoms with Crippen molar-refractivity contribution in [3.05, 3.63) is 65.6 Å². The average molecular weight is 268 g/mol. The molecular formula is C16H16N2O2. The maximum absolute atomic E-state index is 11.8. The van der Waals surface area contributed by atoms with Gasteiger partial charge in [-0.05, 0) is 31.6 Å². The van der Waals surface area contributed by atoms with Gasteiger partial charge in [-0.25, -0.2) is 5.43 Å². The molecule has 0 unspecified atom stereocenters. The Morgan fingerprint density at radius 1 is 1.25 bits per heavy atom. The highest BCUT2D eigenvalue weighted by molar-refractivity contribution is 5.99. The van der Waals surface area contributed by atoms with E-state index in [1.807, 2.05) is 49.4 Å². The number of nitrogens with zero attached hydrogens (tertiary/aromatic N) is 1. The lowest BCUT2D eigenvalue weighted by molar-refractivity contribution is 0.0953. The van der Waals surface area contributed by atoms with Crippen LogP contribution < -0.4 is 5.43 Å². The minimum atomic E-state index is -0.274. The lowest BCUT2D eigenvalue weighted by Crippen LogP contribution is -2.18. The third kappa shape index (κ3) is 3.68. The first kappa shape index (κ1) is 13.8. The minimum Gasteiger partial charge on any atom is -0.469 e. The van der Waals surface area contributed by atoms with Crippen LogP contribution in [0.4, 0.5) is 0 Å². The van der Waals surface area contributed by atoms with Crippen molar-refractivity contribution in [1.29, 1.82) is 0 Å². The first-order chi connectivity index (χ1) is 9.66. The third-order valence-corrected chi connectivity index (χ3v) is 2.75. The Hall–Kier alpha value is -2.62. The second kappa shape index (κ2) is 6.52. The first-order valence-electron chi connectivity index (χ1n) is 6.28. The van der Waals surface area contributed by atoms with Crippen LogP contribution in [0.3, 0.4) is 0 Å². The van der Waals surface area contributed by atoms with E-state index in [9.17, 15) is 4.79 Å². The summed E-state index contributed by atoms with van der Waals surface area (Å²) in [5.74, 6) is 0.305. The van der Waals surface area contributed by atoms with Gasteiger partial charge in [0.2, 0.25) is 0 Å². The molecule has 1 N–H and O–H groups in total. The molecule has 0 saturated carbocycles. The fraction of sp³-hybridized carbons (Fsp3) is 0.125. The molecule has 0 saturated heterocycles. The topological polar surface area (TPSA) is 54.6 Å². The Morgan fingerprint density at radius 2 is 2.00 bits per heavy atom. The number of rotatable bonds is 4. The number of nitrogens with one attached hydrogen (secondary N) is 1. The zero-order valence-corrected chi connectivity index (χ0v) is 11.5. The average Bonchev–Trinajstić information content (AvgIpc) is 2.90. The fourth-order valence-electron chi connectivity index (χ4n) is 1.64. The third-order valence-electron chi connectivity index (χ3n) is 2.75. The van der Waals surface area contributed by atoms with E-state index in [1.165, 1.54) is 6.26 Å². The lowest BCUT2D eigenvalue weighted by Gasteiger charge is -1.98. The Bertz CT molecular complexity index is 640. The summed E-state index contributed by atoms with van der Waals surface area (Å²) < 4.78 is 5.07. The molecule has 0 spiro atoms. The van der Waals surface area contributed by atoms with Gasteiger partial charge in [0.15, 0.2) is 0 Å². The maximum atomic E-state index is 11.8. The van der Waals surface area contributed by atoms with Crippen LogP contribution in [0, 0.1) is 6.92 Å². The molecule has 1 heterocycles. The SMILES string of the molecule is CC(/C=C/c1ccccc1)=N\NC(=O)c1ccoc1C. The molecule has 0 aliphatic carbocycles. The Balaban J connectivity index is 1.96. The van der Waals surface area contributed by atoms with Gasteiger partial charge < -0.3 is 4.42 Å². The van der Waals surface area contributed by atoms with Crippen LogP contribution in [-0.2, 0) is 0 Å². The van der Waals surface area contributed by atoms with Crippen molar-refractivity contribution in [3.8, 4) is 0 Å². The van der Waals surface area contributed by atoms with Gasteiger partial charge >= 0.3 is 0 Å². The van der Waals surface area contributed by atoms with Crippen molar-refractivity contribution in [3.63, 3.8) is 0 Å². The molecule has 102 valence electrons. The molecule has 20 heavy (non-hydrogen) atoms. The number of amides is 1. The van der Waals surface area contributed by atoms with E-state index in [4.69, 9.17) is 4.42 Å². The van der Waals surface area contributed by atoms with E-state index >= 15 is 0 Å². The molecule has 0 aliphatic rings. The van der Waals surface area contributed by atoms with Crippen molar-refractivity contribution in [2.45, 2.75) is 13.8 Å². The van der Waals surface area contributed by atoms with E-state index in [-0.39, 0.29) is 5.91 Å². The van der Waals surface area contributed by atoms with E-state index < -0.39 is 0 Å². The zero-order valence-electron chi connectivity index (χ0n) is 11.5. The normalized spacial score (nSPS) is 11.8. The van der Waals surface area contributed by atoms with Crippen molar-refractivity contribution < 1.29 is 9.21 Å². The van der Waals surface area contributed by atoms with Gasteiger partial charge in [0.05, 0.1) is 17.5 Å². The highest BCUT2D eigenvalue weighted by Crippen LogP contribution is 2.08. The Labute approximate surface area is 117 Å². The minimum absolute atomic E-state index is 0.274. The molecule has 2 rings (SSSR count). The highest BCUT2D eigenvalue weighted by atomic mass is 16.3. The lowest BCUT2D eigenvalue weighted by atomic mass is 10.2. The molecule has 1 amide bonds. The van der Waals surface area contributed by atoms with E-state index in [0.717, 1.165) is 5.56 Å². The predicted octanol–water partition coefficient (Wildman–Crippen LogP) is 3.41. The van der Waals surface area contributed by atoms with Gasteiger partial charge in [-0.1, -0.05) is 36.4 Å². The second-order valence-corrected chi connectivity index (χ2v) is 4.33. The predicted molar refractivity (Wildman–Crippen MR) is 79.5 cm³/mol. The van der Waals surface area contributed by atoms with Gasteiger partial charge in [0, 0.05) is 0 Å². The highest BCUT2D eigenvalue weighted by Gasteiger charge is 2.09. The van der Waals surface area contributed by atoms with E-state index in [1.54, 1.807) is 13.0 Å². The monoisotopic (exact) mass is 268 g/mol. The zero-order chi connectivity index (χ0) is 14.4.